The lowest BCUT2D eigenvalue weighted by molar-refractivity contribution is -0.123. The molecule has 0 aliphatic heterocycles. The van der Waals surface area contributed by atoms with Crippen molar-refractivity contribution >= 4 is 55.3 Å². The maximum absolute atomic E-state index is 12.9. The van der Waals surface area contributed by atoms with Crippen molar-refractivity contribution < 1.29 is 46.5 Å². The molecule has 6 aromatic rings. The van der Waals surface area contributed by atoms with E-state index in [9.17, 15) is 32.3 Å². The Morgan fingerprint density at radius 1 is 0.745 bits per heavy atom. The van der Waals surface area contributed by atoms with E-state index in [0.717, 1.165) is 14.5 Å². The third kappa shape index (κ3) is 8.61. The molecule has 4 aromatic heterocycles. The summed E-state index contributed by atoms with van der Waals surface area (Å²) in [6.07, 6.45) is -1.91. The van der Waals surface area contributed by atoms with Crippen LogP contribution < -0.4 is 5.32 Å². The molecule has 0 radical (unpaired) electrons. The number of hydrogen-bond acceptors (Lipinski definition) is 8. The Morgan fingerprint density at radius 3 is 1.55 bits per heavy atom. The van der Waals surface area contributed by atoms with Gasteiger partial charge in [0.1, 0.15) is 40.8 Å². The number of carboxylic acids is 1. The van der Waals surface area contributed by atoms with Crippen molar-refractivity contribution in [2.24, 2.45) is 0 Å². The number of halogens is 5. The van der Waals surface area contributed by atoms with E-state index in [0.29, 0.717) is 28.3 Å². The number of amides is 1. The van der Waals surface area contributed by atoms with Crippen molar-refractivity contribution in [2.75, 3.05) is 6.54 Å². The van der Waals surface area contributed by atoms with Crippen LogP contribution >= 0.6 is 31.9 Å². The van der Waals surface area contributed by atoms with E-state index in [1.54, 1.807) is 43.4 Å². The average Bonchev–Trinajstić information content (AvgIpc) is 3.91. The summed E-state index contributed by atoms with van der Waals surface area (Å²) in [4.78, 5) is 53.4. The van der Waals surface area contributed by atoms with Crippen LogP contribution in [0.1, 0.15) is 64.3 Å². The number of aromatic amines is 2. The molecular formula is C34H24Br2F3N5O7. The standard InChI is InChI=1S/C18H13BrF3N3O3.C16H11BrN2O4/c1-9-14(15(25-28-9)10-2-4-12(19)5-3-10)16(26)11-6-13(23-7-11)17(27)24-8-18(20,21)22;1-8-13(15(20)10-6-12(16(21)22)18-7-10)14(19-23-8)9-2-4-11(17)5-3-9/h2-7,23H,8H2,1H3,(H,24,27);2-7,18H,1H3,(H,21,22). The second-order valence-electron chi connectivity index (χ2n) is 10.8. The number of carbonyl (C=O) groups is 4. The molecule has 6 rings (SSSR count). The SMILES string of the molecule is Cc1onc(-c2ccc(Br)cc2)c1C(=O)c1c[nH]c(C(=O)NCC(F)(F)F)c1.Cc1onc(-c2ccc(Br)cc2)c1C(=O)c1c[nH]c(C(=O)O)c1. The molecule has 1 amide bonds. The summed E-state index contributed by atoms with van der Waals surface area (Å²) in [5, 5.41) is 18.6. The normalized spacial score (nSPS) is 11.1. The summed E-state index contributed by atoms with van der Waals surface area (Å²) in [5.41, 5.74) is 2.82. The molecule has 0 saturated heterocycles. The molecule has 0 bridgehead atoms. The van der Waals surface area contributed by atoms with Crippen molar-refractivity contribution in [1.82, 2.24) is 25.6 Å². The molecule has 0 saturated carbocycles. The maximum Gasteiger partial charge on any atom is 0.405 e. The molecule has 262 valence electrons. The van der Waals surface area contributed by atoms with Gasteiger partial charge in [0.2, 0.25) is 0 Å². The first-order chi connectivity index (χ1) is 24.1. The molecule has 51 heavy (non-hydrogen) atoms. The minimum absolute atomic E-state index is 0.0485. The molecule has 12 nitrogen and oxygen atoms in total. The average molecular weight is 831 g/mol. The molecule has 2 aromatic carbocycles. The number of ketones is 2. The summed E-state index contributed by atoms with van der Waals surface area (Å²) in [6.45, 7) is 1.76. The molecular weight excluding hydrogens is 807 g/mol. The Kier molecular flexibility index (Phi) is 10.9. The van der Waals surface area contributed by atoms with E-state index in [1.807, 2.05) is 24.3 Å². The highest BCUT2D eigenvalue weighted by Crippen LogP contribution is 2.30. The summed E-state index contributed by atoms with van der Waals surface area (Å²) in [5.74, 6) is -2.24. The second kappa shape index (κ2) is 15.1. The Morgan fingerprint density at radius 2 is 1.16 bits per heavy atom. The summed E-state index contributed by atoms with van der Waals surface area (Å²) in [6, 6.07) is 16.9. The van der Waals surface area contributed by atoms with E-state index in [2.05, 4.69) is 52.1 Å². The number of carbonyl (C=O) groups excluding carboxylic acids is 3. The van der Waals surface area contributed by atoms with Gasteiger partial charge < -0.3 is 29.4 Å². The van der Waals surface area contributed by atoms with Crippen LogP contribution in [0.4, 0.5) is 13.2 Å². The number of nitrogens with zero attached hydrogens (tertiary/aromatic N) is 2. The molecule has 0 aliphatic rings. The minimum Gasteiger partial charge on any atom is -0.477 e. The zero-order chi connectivity index (χ0) is 37.0. The number of carboxylic acid groups (broad SMARTS) is 1. The van der Waals surface area contributed by atoms with Crippen LogP contribution in [0.25, 0.3) is 22.5 Å². The topological polar surface area (TPSA) is 184 Å². The van der Waals surface area contributed by atoms with Crippen LogP contribution in [0, 0.1) is 13.8 Å². The third-order valence-electron chi connectivity index (χ3n) is 7.23. The van der Waals surface area contributed by atoms with Gasteiger partial charge in [-0.3, -0.25) is 14.4 Å². The third-order valence-corrected chi connectivity index (χ3v) is 8.29. The Hall–Kier alpha value is -5.55. The molecule has 0 fully saturated rings. The maximum atomic E-state index is 12.9. The van der Waals surface area contributed by atoms with E-state index < -0.39 is 30.4 Å². The highest BCUT2D eigenvalue weighted by molar-refractivity contribution is 9.10. The summed E-state index contributed by atoms with van der Waals surface area (Å²) in [7, 11) is 0. The fourth-order valence-corrected chi connectivity index (χ4v) is 5.29. The Bertz CT molecular complexity index is 2230. The van der Waals surface area contributed by atoms with Gasteiger partial charge in [0.15, 0.2) is 11.6 Å². The lowest BCUT2D eigenvalue weighted by Gasteiger charge is -2.06. The minimum atomic E-state index is -4.53. The number of hydrogen-bond donors (Lipinski definition) is 4. The van der Waals surface area contributed by atoms with Crippen molar-refractivity contribution in [3.8, 4) is 22.5 Å². The van der Waals surface area contributed by atoms with E-state index >= 15 is 0 Å². The first-order valence-electron chi connectivity index (χ1n) is 14.6. The van der Waals surface area contributed by atoms with Gasteiger partial charge in [-0.2, -0.15) is 13.2 Å². The van der Waals surface area contributed by atoms with Gasteiger partial charge >= 0.3 is 12.1 Å². The number of nitrogens with one attached hydrogen (secondary N) is 3. The van der Waals surface area contributed by atoms with Gasteiger partial charge in [0.25, 0.3) is 5.91 Å². The van der Waals surface area contributed by atoms with Crippen LogP contribution in [0.3, 0.4) is 0 Å². The lowest BCUT2D eigenvalue weighted by Crippen LogP contribution is -2.33. The van der Waals surface area contributed by atoms with Gasteiger partial charge in [-0.05, 0) is 50.2 Å². The Labute approximate surface area is 302 Å². The Balaban J connectivity index is 0.000000201. The number of H-pyrrole nitrogens is 2. The molecule has 0 aliphatic carbocycles. The van der Waals surface area contributed by atoms with Gasteiger partial charge in [-0.1, -0.05) is 66.4 Å². The zero-order valence-corrected chi connectivity index (χ0v) is 29.5. The molecule has 4 heterocycles. The van der Waals surface area contributed by atoms with Gasteiger partial charge in [0, 0.05) is 43.6 Å². The summed E-state index contributed by atoms with van der Waals surface area (Å²) >= 11 is 6.68. The largest absolute Gasteiger partial charge is 0.477 e. The van der Waals surface area contributed by atoms with Crippen LogP contribution in [-0.4, -0.2) is 61.6 Å². The summed E-state index contributed by atoms with van der Waals surface area (Å²) < 4.78 is 48.8. The highest BCUT2D eigenvalue weighted by atomic mass is 79.9. The van der Waals surface area contributed by atoms with E-state index in [4.69, 9.17) is 14.2 Å². The van der Waals surface area contributed by atoms with E-state index in [1.165, 1.54) is 24.5 Å². The van der Waals surface area contributed by atoms with Crippen LogP contribution in [0.5, 0.6) is 0 Å². The second-order valence-corrected chi connectivity index (χ2v) is 12.6. The zero-order valence-electron chi connectivity index (χ0n) is 26.3. The van der Waals surface area contributed by atoms with Gasteiger partial charge in [-0.25, -0.2) is 4.79 Å². The van der Waals surface area contributed by atoms with Crippen molar-refractivity contribution in [2.45, 2.75) is 20.0 Å². The number of rotatable bonds is 9. The van der Waals surface area contributed by atoms with Crippen molar-refractivity contribution in [3.63, 3.8) is 0 Å². The number of aromatic carboxylic acids is 1. The van der Waals surface area contributed by atoms with Crippen molar-refractivity contribution in [1.29, 1.82) is 0 Å². The van der Waals surface area contributed by atoms with Crippen LogP contribution in [0.2, 0.25) is 0 Å². The predicted molar refractivity (Wildman–Crippen MR) is 183 cm³/mol. The quantitative estimate of drug-likeness (QED) is 0.105. The fraction of sp³-hybridized carbons (Fsp3) is 0.118. The number of benzene rings is 2. The van der Waals surface area contributed by atoms with E-state index in [-0.39, 0.29) is 39.6 Å². The number of alkyl halides is 3. The molecule has 0 spiro atoms. The monoisotopic (exact) mass is 829 g/mol. The molecule has 17 heteroatoms. The lowest BCUT2D eigenvalue weighted by atomic mass is 9.99. The predicted octanol–water partition coefficient (Wildman–Crippen LogP) is 7.93. The van der Waals surface area contributed by atoms with Crippen LogP contribution in [-0.2, 0) is 0 Å². The number of aromatic nitrogens is 4. The molecule has 0 atom stereocenters. The fourth-order valence-electron chi connectivity index (χ4n) is 4.76. The van der Waals surface area contributed by atoms with Crippen LogP contribution in [0.15, 0.2) is 91.0 Å². The van der Waals surface area contributed by atoms with Gasteiger partial charge in [-0.15, -0.1) is 0 Å². The first kappa shape index (κ1) is 36.7. The van der Waals surface area contributed by atoms with Crippen molar-refractivity contribution in [3.05, 3.63) is 127 Å². The van der Waals surface area contributed by atoms with Gasteiger partial charge in [0.05, 0.1) is 11.1 Å². The smallest absolute Gasteiger partial charge is 0.405 e. The molecule has 4 N–H and O–H groups in total. The highest BCUT2D eigenvalue weighted by Gasteiger charge is 2.29. The molecule has 0 unspecified atom stereocenters. The number of aryl methyl sites for hydroxylation is 2. The first-order valence-corrected chi connectivity index (χ1v) is 16.2.